The van der Waals surface area contributed by atoms with E-state index in [-0.39, 0.29) is 22.8 Å². The number of carbonyl (C=O) groups is 1. The Morgan fingerprint density at radius 1 is 0.783 bits per heavy atom. The molecule has 0 heterocycles. The average Bonchev–Trinajstić information content (AvgIpc) is 2.58. The molecule has 0 aliphatic carbocycles. The van der Waals surface area contributed by atoms with Crippen molar-refractivity contribution in [3.63, 3.8) is 0 Å². The molecule has 114 valence electrons. The van der Waals surface area contributed by atoms with E-state index in [1.807, 2.05) is 42.5 Å². The highest BCUT2D eigenvalue weighted by Gasteiger charge is 2.14. The highest BCUT2D eigenvalue weighted by atomic mass is 32.2. The lowest BCUT2D eigenvalue weighted by molar-refractivity contribution is 0.103. The van der Waals surface area contributed by atoms with Gasteiger partial charge >= 0.3 is 0 Å². The molecule has 3 aromatic rings. The van der Waals surface area contributed by atoms with Crippen molar-refractivity contribution in [3.05, 3.63) is 83.9 Å². The number of phenolic OH excluding ortho intramolecular Hbond substituents is 2. The highest BCUT2D eigenvalue weighted by molar-refractivity contribution is 7.99. The maximum atomic E-state index is 12.4. The van der Waals surface area contributed by atoms with Gasteiger partial charge in [-0.15, -0.1) is 0 Å². The first-order valence-corrected chi connectivity index (χ1v) is 7.85. The average molecular weight is 322 g/mol. The first-order chi connectivity index (χ1) is 11.1. The summed E-state index contributed by atoms with van der Waals surface area (Å²) >= 11 is 1.61. The predicted molar refractivity (Wildman–Crippen MR) is 90.2 cm³/mol. The third-order valence-electron chi connectivity index (χ3n) is 3.32. The second kappa shape index (κ2) is 6.58. The van der Waals surface area contributed by atoms with Crippen LogP contribution in [0.4, 0.5) is 0 Å². The van der Waals surface area contributed by atoms with E-state index in [1.165, 1.54) is 18.2 Å². The monoisotopic (exact) mass is 322 g/mol. The smallest absolute Gasteiger partial charge is 0.196 e. The Hall–Kier alpha value is -2.72. The summed E-state index contributed by atoms with van der Waals surface area (Å²) in [4.78, 5) is 14.6. The van der Waals surface area contributed by atoms with Crippen LogP contribution in [-0.2, 0) is 0 Å². The summed E-state index contributed by atoms with van der Waals surface area (Å²) in [5.41, 5.74) is 0.553. The third kappa shape index (κ3) is 3.55. The zero-order valence-electron chi connectivity index (χ0n) is 12.1. The van der Waals surface area contributed by atoms with E-state index in [0.717, 1.165) is 9.79 Å². The van der Waals surface area contributed by atoms with Gasteiger partial charge in [0, 0.05) is 15.4 Å². The fourth-order valence-electron chi connectivity index (χ4n) is 2.16. The van der Waals surface area contributed by atoms with Crippen molar-refractivity contribution in [2.24, 2.45) is 0 Å². The number of carbonyl (C=O) groups excluding carboxylic acids is 1. The summed E-state index contributed by atoms with van der Waals surface area (Å²) in [6.07, 6.45) is 0. The van der Waals surface area contributed by atoms with Crippen LogP contribution in [0.2, 0.25) is 0 Å². The maximum absolute atomic E-state index is 12.4. The largest absolute Gasteiger partial charge is 0.508 e. The molecule has 0 aliphatic heterocycles. The Balaban J connectivity index is 1.82. The molecule has 3 aromatic carbocycles. The van der Waals surface area contributed by atoms with E-state index in [4.69, 9.17) is 0 Å². The summed E-state index contributed by atoms with van der Waals surface area (Å²) in [5, 5.41) is 19.3. The quantitative estimate of drug-likeness (QED) is 0.549. The zero-order chi connectivity index (χ0) is 16.2. The van der Waals surface area contributed by atoms with Crippen molar-refractivity contribution in [2.75, 3.05) is 0 Å². The fourth-order valence-corrected chi connectivity index (χ4v) is 3.00. The molecule has 0 atom stereocenters. The van der Waals surface area contributed by atoms with Gasteiger partial charge in [0.1, 0.15) is 11.5 Å². The first-order valence-electron chi connectivity index (χ1n) is 7.03. The summed E-state index contributed by atoms with van der Waals surface area (Å²) in [5.74, 6) is -0.521. The van der Waals surface area contributed by atoms with E-state index < -0.39 is 0 Å². The number of ketones is 1. The van der Waals surface area contributed by atoms with Gasteiger partial charge in [0.15, 0.2) is 5.78 Å². The number of hydrogen-bond acceptors (Lipinski definition) is 4. The molecule has 0 aliphatic rings. The van der Waals surface area contributed by atoms with Crippen molar-refractivity contribution < 1.29 is 15.0 Å². The zero-order valence-corrected chi connectivity index (χ0v) is 13.0. The lowest BCUT2D eigenvalue weighted by atomic mass is 10.0. The van der Waals surface area contributed by atoms with Gasteiger partial charge in [-0.3, -0.25) is 4.79 Å². The normalized spacial score (nSPS) is 10.4. The van der Waals surface area contributed by atoms with Gasteiger partial charge in [-0.2, -0.15) is 0 Å². The molecule has 2 N–H and O–H groups in total. The standard InChI is InChI=1S/C19H14O3S/c20-14-8-11-18(21)17(12-14)19(22)13-6-9-16(10-7-13)23-15-4-2-1-3-5-15/h1-12,20-21H. The lowest BCUT2D eigenvalue weighted by Crippen LogP contribution is -2.01. The molecule has 23 heavy (non-hydrogen) atoms. The highest BCUT2D eigenvalue weighted by Crippen LogP contribution is 2.29. The van der Waals surface area contributed by atoms with E-state index >= 15 is 0 Å². The lowest BCUT2D eigenvalue weighted by Gasteiger charge is -2.06. The van der Waals surface area contributed by atoms with Gasteiger partial charge < -0.3 is 10.2 Å². The van der Waals surface area contributed by atoms with E-state index in [0.29, 0.717) is 5.56 Å². The van der Waals surface area contributed by atoms with Crippen LogP contribution in [0.15, 0.2) is 82.6 Å². The van der Waals surface area contributed by atoms with Crippen LogP contribution in [0.1, 0.15) is 15.9 Å². The molecule has 0 fully saturated rings. The number of rotatable bonds is 4. The fraction of sp³-hybridized carbons (Fsp3) is 0. The molecule has 3 nitrogen and oxygen atoms in total. The molecule has 3 rings (SSSR count). The van der Waals surface area contributed by atoms with Gasteiger partial charge in [-0.05, 0) is 54.6 Å². The van der Waals surface area contributed by atoms with Crippen LogP contribution >= 0.6 is 11.8 Å². The van der Waals surface area contributed by atoms with Gasteiger partial charge in [0.05, 0.1) is 5.56 Å². The minimum atomic E-state index is -0.324. The van der Waals surface area contributed by atoms with Crippen molar-refractivity contribution in [2.45, 2.75) is 9.79 Å². The summed E-state index contributed by atoms with van der Waals surface area (Å²) in [7, 11) is 0. The second-order valence-corrected chi connectivity index (χ2v) is 6.12. The molecular weight excluding hydrogens is 308 g/mol. The summed E-state index contributed by atoms with van der Waals surface area (Å²) < 4.78 is 0. The predicted octanol–water partition coefficient (Wildman–Crippen LogP) is 4.48. The van der Waals surface area contributed by atoms with E-state index in [2.05, 4.69) is 0 Å². The molecule has 0 radical (unpaired) electrons. The van der Waals surface area contributed by atoms with Crippen LogP contribution in [-0.4, -0.2) is 16.0 Å². The summed E-state index contributed by atoms with van der Waals surface area (Å²) in [6, 6.07) is 21.0. The molecule has 0 bridgehead atoms. The Morgan fingerprint density at radius 2 is 1.43 bits per heavy atom. The molecule has 0 saturated heterocycles. The SMILES string of the molecule is O=C(c1ccc(Sc2ccccc2)cc1)c1cc(O)ccc1O. The first kappa shape index (κ1) is 15.2. The van der Waals surface area contributed by atoms with Gasteiger partial charge in [-0.1, -0.05) is 30.0 Å². The van der Waals surface area contributed by atoms with Gasteiger partial charge in [0.2, 0.25) is 0 Å². The number of phenols is 2. The molecular formula is C19H14O3S. The Bertz CT molecular complexity index is 827. The molecule has 4 heteroatoms. The Morgan fingerprint density at radius 3 is 2.13 bits per heavy atom. The molecule has 0 spiro atoms. The molecule has 0 aromatic heterocycles. The van der Waals surface area contributed by atoms with Crippen LogP contribution in [0.25, 0.3) is 0 Å². The topological polar surface area (TPSA) is 57.5 Å². The van der Waals surface area contributed by atoms with Crippen LogP contribution in [0.5, 0.6) is 11.5 Å². The van der Waals surface area contributed by atoms with Gasteiger partial charge in [-0.25, -0.2) is 0 Å². The maximum Gasteiger partial charge on any atom is 0.196 e. The van der Waals surface area contributed by atoms with Crippen molar-refractivity contribution in [1.29, 1.82) is 0 Å². The van der Waals surface area contributed by atoms with Crippen molar-refractivity contribution >= 4 is 17.5 Å². The van der Waals surface area contributed by atoms with E-state index in [9.17, 15) is 15.0 Å². The second-order valence-electron chi connectivity index (χ2n) is 4.97. The van der Waals surface area contributed by atoms with E-state index in [1.54, 1.807) is 23.9 Å². The number of hydrogen-bond donors (Lipinski definition) is 2. The van der Waals surface area contributed by atoms with Crippen molar-refractivity contribution in [1.82, 2.24) is 0 Å². The van der Waals surface area contributed by atoms with Crippen molar-refractivity contribution in [3.8, 4) is 11.5 Å². The Labute approximate surface area is 138 Å². The molecule has 0 unspecified atom stereocenters. The number of aromatic hydroxyl groups is 2. The van der Waals surface area contributed by atoms with Crippen LogP contribution in [0.3, 0.4) is 0 Å². The van der Waals surface area contributed by atoms with Gasteiger partial charge in [0.25, 0.3) is 0 Å². The molecule has 0 saturated carbocycles. The minimum absolute atomic E-state index is 0.0533. The number of benzene rings is 3. The van der Waals surface area contributed by atoms with Crippen LogP contribution < -0.4 is 0 Å². The van der Waals surface area contributed by atoms with Crippen LogP contribution in [0, 0.1) is 0 Å². The Kier molecular flexibility index (Phi) is 4.35. The summed E-state index contributed by atoms with van der Waals surface area (Å²) in [6.45, 7) is 0. The molecule has 0 amide bonds. The third-order valence-corrected chi connectivity index (χ3v) is 4.34. The minimum Gasteiger partial charge on any atom is -0.508 e.